The van der Waals surface area contributed by atoms with E-state index in [9.17, 15) is 18.8 Å². The molecule has 29 heavy (non-hydrogen) atoms. The van der Waals surface area contributed by atoms with Crippen LogP contribution in [0.5, 0.6) is 0 Å². The van der Waals surface area contributed by atoms with Crippen LogP contribution in [0.25, 0.3) is 5.69 Å². The highest BCUT2D eigenvalue weighted by atomic mass is 19.1. The van der Waals surface area contributed by atoms with Crippen molar-refractivity contribution in [3.63, 3.8) is 0 Å². The number of hydrogen-bond acceptors (Lipinski definition) is 3. The van der Waals surface area contributed by atoms with Gasteiger partial charge in [-0.2, -0.15) is 0 Å². The zero-order chi connectivity index (χ0) is 20.9. The number of carbonyl (C=O) groups excluding carboxylic acids is 3. The number of aromatic nitrogens is 1. The summed E-state index contributed by atoms with van der Waals surface area (Å²) in [5.74, 6) is -1.60. The number of benzene rings is 2. The van der Waals surface area contributed by atoms with Crippen LogP contribution in [0.2, 0.25) is 0 Å². The van der Waals surface area contributed by atoms with E-state index in [-0.39, 0.29) is 18.1 Å². The van der Waals surface area contributed by atoms with Crippen molar-refractivity contribution in [2.75, 3.05) is 6.54 Å². The van der Waals surface area contributed by atoms with Crippen molar-refractivity contribution in [1.82, 2.24) is 9.47 Å². The maximum atomic E-state index is 14.0. The summed E-state index contributed by atoms with van der Waals surface area (Å²) in [6.07, 6.45) is 0. The largest absolute Gasteiger partial charge is 0.318 e. The van der Waals surface area contributed by atoms with Crippen LogP contribution < -0.4 is 0 Å². The Balaban J connectivity index is 1.65. The van der Waals surface area contributed by atoms with E-state index in [0.717, 1.165) is 10.6 Å². The lowest BCUT2D eigenvalue weighted by molar-refractivity contribution is 0.0624. The number of nitrogens with zero attached hydrogens (tertiary/aromatic N) is 2. The first kappa shape index (κ1) is 18.8. The molecule has 0 radical (unpaired) electrons. The summed E-state index contributed by atoms with van der Waals surface area (Å²) >= 11 is 0. The second-order valence-corrected chi connectivity index (χ2v) is 7.22. The Bertz CT molecular complexity index is 1160. The van der Waals surface area contributed by atoms with Gasteiger partial charge in [0.2, 0.25) is 0 Å². The third-order valence-electron chi connectivity index (χ3n) is 5.33. The van der Waals surface area contributed by atoms with E-state index < -0.39 is 11.8 Å². The number of carbonyl (C=O) groups is 3. The highest BCUT2D eigenvalue weighted by Crippen LogP contribution is 2.25. The molecule has 0 bridgehead atoms. The number of halogens is 1. The van der Waals surface area contributed by atoms with Crippen molar-refractivity contribution in [2.24, 2.45) is 0 Å². The van der Waals surface area contributed by atoms with Crippen molar-refractivity contribution < 1.29 is 18.8 Å². The second-order valence-electron chi connectivity index (χ2n) is 7.22. The van der Waals surface area contributed by atoms with E-state index in [2.05, 4.69) is 0 Å². The van der Waals surface area contributed by atoms with Crippen LogP contribution in [0.1, 0.15) is 48.0 Å². The highest BCUT2D eigenvalue weighted by molar-refractivity contribution is 6.23. The zero-order valence-corrected chi connectivity index (χ0v) is 16.3. The van der Waals surface area contributed by atoms with Crippen molar-refractivity contribution in [3.05, 3.63) is 88.0 Å². The van der Waals surface area contributed by atoms with Crippen LogP contribution in [0.3, 0.4) is 0 Å². The van der Waals surface area contributed by atoms with Gasteiger partial charge in [0.1, 0.15) is 5.82 Å². The van der Waals surface area contributed by atoms with E-state index in [1.54, 1.807) is 60.9 Å². The molecule has 6 heteroatoms. The van der Waals surface area contributed by atoms with Gasteiger partial charge in [0.25, 0.3) is 11.8 Å². The molecule has 1 aliphatic rings. The van der Waals surface area contributed by atoms with Gasteiger partial charge in [-0.05, 0) is 56.7 Å². The molecule has 146 valence electrons. The first-order valence-corrected chi connectivity index (χ1v) is 9.23. The van der Waals surface area contributed by atoms with Crippen LogP contribution >= 0.6 is 0 Å². The van der Waals surface area contributed by atoms with Gasteiger partial charge < -0.3 is 4.57 Å². The molecule has 0 spiro atoms. The van der Waals surface area contributed by atoms with Gasteiger partial charge in [-0.25, -0.2) is 4.39 Å². The number of fused-ring (bicyclic) bond motifs is 1. The Morgan fingerprint density at radius 1 is 0.931 bits per heavy atom. The third-order valence-corrected chi connectivity index (χ3v) is 5.33. The number of Topliss-reactive ketones (excluding diaryl/α,β-unsaturated/α-hetero) is 1. The summed E-state index contributed by atoms with van der Waals surface area (Å²) in [5.41, 5.74) is 3.57. The Hall–Kier alpha value is -3.54. The molecule has 0 saturated heterocycles. The lowest BCUT2D eigenvalue weighted by Crippen LogP contribution is -2.35. The average Bonchev–Trinajstić information content (AvgIpc) is 3.13. The zero-order valence-electron chi connectivity index (χ0n) is 16.3. The number of aryl methyl sites for hydroxylation is 2. The number of ketones is 1. The molecule has 0 fully saturated rings. The minimum Gasteiger partial charge on any atom is -0.318 e. The molecule has 5 nitrogen and oxygen atoms in total. The fraction of sp³-hybridized carbons (Fsp3) is 0.174. The predicted octanol–water partition coefficient (Wildman–Crippen LogP) is 4.02. The Morgan fingerprint density at radius 3 is 2.14 bits per heavy atom. The quantitative estimate of drug-likeness (QED) is 0.499. The standard InChI is InChI=1S/C23H19FN2O3/c1-13-8-9-16(11-20(13)24)26-14(2)10-19(15(26)3)21(27)12-25-22(28)17-6-4-5-7-18(17)23(25)29/h4-11H,12H2,1-3H3. The second kappa shape index (κ2) is 6.81. The van der Waals surface area contributed by atoms with Gasteiger partial charge in [0.15, 0.2) is 5.78 Å². The number of amides is 2. The van der Waals surface area contributed by atoms with E-state index >= 15 is 0 Å². The Kier molecular flexibility index (Phi) is 4.42. The molecule has 0 N–H and O–H groups in total. The van der Waals surface area contributed by atoms with Crippen LogP contribution in [-0.2, 0) is 0 Å². The number of rotatable bonds is 4. The third kappa shape index (κ3) is 2.97. The van der Waals surface area contributed by atoms with Crippen molar-refractivity contribution >= 4 is 17.6 Å². The van der Waals surface area contributed by atoms with E-state index in [4.69, 9.17) is 0 Å². The monoisotopic (exact) mass is 390 g/mol. The lowest BCUT2D eigenvalue weighted by Gasteiger charge is -2.13. The molecule has 0 aliphatic carbocycles. The minimum atomic E-state index is -0.464. The SMILES string of the molecule is Cc1ccc(-n2c(C)cc(C(=O)CN3C(=O)c4ccccc4C3=O)c2C)cc1F. The van der Waals surface area contributed by atoms with Crippen LogP contribution in [0.4, 0.5) is 4.39 Å². The van der Waals surface area contributed by atoms with Gasteiger partial charge in [0.05, 0.1) is 17.7 Å². The topological polar surface area (TPSA) is 59.4 Å². The number of hydrogen-bond donors (Lipinski definition) is 0. The molecule has 0 atom stereocenters. The molecule has 0 unspecified atom stereocenters. The molecule has 1 aromatic heterocycles. The fourth-order valence-corrected chi connectivity index (χ4v) is 3.77. The summed E-state index contributed by atoms with van der Waals surface area (Å²) in [6.45, 7) is 4.94. The van der Waals surface area contributed by atoms with Crippen LogP contribution in [0, 0.1) is 26.6 Å². The van der Waals surface area contributed by atoms with Crippen LogP contribution in [-0.4, -0.2) is 33.6 Å². The summed E-state index contributed by atoms with van der Waals surface area (Å²) < 4.78 is 15.8. The first-order valence-electron chi connectivity index (χ1n) is 9.23. The van der Waals surface area contributed by atoms with Crippen molar-refractivity contribution in [2.45, 2.75) is 20.8 Å². The summed E-state index contributed by atoms with van der Waals surface area (Å²) in [5, 5.41) is 0. The molecule has 2 amide bonds. The molecular formula is C23H19FN2O3. The average molecular weight is 390 g/mol. The molecule has 0 saturated carbocycles. The molecule has 4 rings (SSSR count). The van der Waals surface area contributed by atoms with E-state index in [1.165, 1.54) is 6.07 Å². The van der Waals surface area contributed by atoms with Crippen molar-refractivity contribution in [3.8, 4) is 5.69 Å². The number of imide groups is 1. The summed E-state index contributed by atoms with van der Waals surface area (Å²) in [7, 11) is 0. The molecule has 2 aromatic carbocycles. The predicted molar refractivity (Wildman–Crippen MR) is 106 cm³/mol. The summed E-state index contributed by atoms with van der Waals surface area (Å²) in [4.78, 5) is 39.0. The van der Waals surface area contributed by atoms with E-state index in [0.29, 0.717) is 33.6 Å². The first-order chi connectivity index (χ1) is 13.8. The maximum Gasteiger partial charge on any atom is 0.261 e. The van der Waals surface area contributed by atoms with Gasteiger partial charge in [0, 0.05) is 22.6 Å². The van der Waals surface area contributed by atoms with Crippen molar-refractivity contribution in [1.29, 1.82) is 0 Å². The molecule has 1 aliphatic heterocycles. The van der Waals surface area contributed by atoms with Gasteiger partial charge >= 0.3 is 0 Å². The molecule has 2 heterocycles. The maximum absolute atomic E-state index is 14.0. The molecule has 3 aromatic rings. The normalized spacial score (nSPS) is 13.2. The smallest absolute Gasteiger partial charge is 0.261 e. The lowest BCUT2D eigenvalue weighted by atomic mass is 10.1. The Labute approximate surface area is 167 Å². The summed E-state index contributed by atoms with van der Waals surface area (Å²) in [6, 6.07) is 13.1. The Morgan fingerprint density at radius 2 is 1.55 bits per heavy atom. The van der Waals surface area contributed by atoms with Gasteiger partial charge in [-0.3, -0.25) is 19.3 Å². The van der Waals surface area contributed by atoms with E-state index in [1.807, 2.05) is 6.92 Å². The van der Waals surface area contributed by atoms with Gasteiger partial charge in [-0.15, -0.1) is 0 Å². The molecular weight excluding hydrogens is 371 g/mol. The highest BCUT2D eigenvalue weighted by Gasteiger charge is 2.36. The van der Waals surface area contributed by atoms with Crippen LogP contribution in [0.15, 0.2) is 48.5 Å². The van der Waals surface area contributed by atoms with Gasteiger partial charge in [-0.1, -0.05) is 18.2 Å². The minimum absolute atomic E-state index is 0.311. The fourth-order valence-electron chi connectivity index (χ4n) is 3.77.